The van der Waals surface area contributed by atoms with E-state index in [0.29, 0.717) is 12.5 Å². The predicted octanol–water partition coefficient (Wildman–Crippen LogP) is 1.69. The van der Waals surface area contributed by atoms with Crippen LogP contribution in [0.2, 0.25) is 0 Å². The molecule has 1 saturated heterocycles. The highest BCUT2D eigenvalue weighted by atomic mass is 79.9. The Morgan fingerprint density at radius 2 is 2.11 bits per heavy atom. The lowest BCUT2D eigenvalue weighted by Gasteiger charge is -2.35. The largest absolute Gasteiger partial charge is 0.345 e. The average molecular weight is 323 g/mol. The van der Waals surface area contributed by atoms with Gasteiger partial charge in [-0.15, -0.1) is 0 Å². The highest BCUT2D eigenvalue weighted by molar-refractivity contribution is 9.10. The van der Waals surface area contributed by atoms with E-state index in [2.05, 4.69) is 21.2 Å². The second-order valence-electron chi connectivity index (χ2n) is 5.15. The molecule has 1 aromatic carbocycles. The maximum absolute atomic E-state index is 12.1. The summed E-state index contributed by atoms with van der Waals surface area (Å²) in [4.78, 5) is 25.8. The Hall–Kier alpha value is -1.36. The third-order valence-electron chi connectivity index (χ3n) is 3.65. The number of nitrogens with zero attached hydrogens (tertiary/aromatic N) is 1. The van der Waals surface area contributed by atoms with Gasteiger partial charge in [-0.05, 0) is 36.5 Å². The lowest BCUT2D eigenvalue weighted by molar-refractivity contribution is -0.147. The highest BCUT2D eigenvalue weighted by Crippen LogP contribution is 2.37. The lowest BCUT2D eigenvalue weighted by Crippen LogP contribution is -2.58. The van der Waals surface area contributed by atoms with Gasteiger partial charge in [0.25, 0.3) is 0 Å². The Kier molecular flexibility index (Phi) is 3.31. The standard InChI is InChI=1S/C14H15BrN2O2/c15-11-3-1-2-9(6-11)8-17-12(18)7-16-14(19)13(17)10-4-5-10/h1-3,6,10,13H,4-5,7-8H2,(H,16,19). The monoisotopic (exact) mass is 322 g/mol. The summed E-state index contributed by atoms with van der Waals surface area (Å²) in [5.74, 6) is 0.352. The molecular formula is C14H15BrN2O2. The Balaban J connectivity index is 1.83. The number of amides is 2. The quantitative estimate of drug-likeness (QED) is 0.920. The van der Waals surface area contributed by atoms with E-state index in [-0.39, 0.29) is 24.4 Å². The predicted molar refractivity (Wildman–Crippen MR) is 74.2 cm³/mol. The molecule has 2 amide bonds. The minimum atomic E-state index is -0.278. The summed E-state index contributed by atoms with van der Waals surface area (Å²) in [5, 5.41) is 2.69. The third kappa shape index (κ3) is 2.66. The van der Waals surface area contributed by atoms with E-state index in [0.717, 1.165) is 22.9 Å². The molecule has 19 heavy (non-hydrogen) atoms. The van der Waals surface area contributed by atoms with Gasteiger partial charge in [-0.25, -0.2) is 0 Å². The van der Waals surface area contributed by atoms with Crippen LogP contribution in [0.4, 0.5) is 0 Å². The molecule has 1 aromatic rings. The Bertz CT molecular complexity index is 528. The Morgan fingerprint density at radius 1 is 1.32 bits per heavy atom. The summed E-state index contributed by atoms with van der Waals surface area (Å²) in [6.07, 6.45) is 2.08. The molecule has 0 spiro atoms. The minimum Gasteiger partial charge on any atom is -0.345 e. The van der Waals surface area contributed by atoms with Gasteiger partial charge in [-0.3, -0.25) is 9.59 Å². The molecule has 100 valence electrons. The van der Waals surface area contributed by atoms with Crippen molar-refractivity contribution in [3.05, 3.63) is 34.3 Å². The number of halogens is 1. The van der Waals surface area contributed by atoms with Gasteiger partial charge in [0.15, 0.2) is 0 Å². The second kappa shape index (κ2) is 4.96. The fourth-order valence-electron chi connectivity index (χ4n) is 2.56. The van der Waals surface area contributed by atoms with Crippen LogP contribution in [0, 0.1) is 5.92 Å². The van der Waals surface area contributed by atoms with E-state index in [1.54, 1.807) is 4.90 Å². The molecule has 0 radical (unpaired) electrons. The maximum atomic E-state index is 12.1. The first kappa shape index (κ1) is 12.7. The molecule has 1 aliphatic carbocycles. The van der Waals surface area contributed by atoms with Crippen LogP contribution >= 0.6 is 15.9 Å². The molecule has 1 saturated carbocycles. The van der Waals surface area contributed by atoms with Crippen LogP contribution in [0.5, 0.6) is 0 Å². The number of hydrogen-bond donors (Lipinski definition) is 1. The molecule has 1 unspecified atom stereocenters. The van der Waals surface area contributed by atoms with E-state index >= 15 is 0 Å². The van der Waals surface area contributed by atoms with Crippen molar-refractivity contribution in [2.75, 3.05) is 6.54 Å². The fourth-order valence-corrected chi connectivity index (χ4v) is 3.01. The molecule has 3 rings (SSSR count). The van der Waals surface area contributed by atoms with Gasteiger partial charge < -0.3 is 10.2 Å². The van der Waals surface area contributed by atoms with Gasteiger partial charge in [-0.2, -0.15) is 0 Å². The normalized spacial score (nSPS) is 23.4. The van der Waals surface area contributed by atoms with E-state index < -0.39 is 0 Å². The zero-order valence-electron chi connectivity index (χ0n) is 10.4. The zero-order chi connectivity index (χ0) is 13.4. The van der Waals surface area contributed by atoms with E-state index in [9.17, 15) is 9.59 Å². The van der Waals surface area contributed by atoms with Crippen molar-refractivity contribution < 1.29 is 9.59 Å². The van der Waals surface area contributed by atoms with E-state index in [1.807, 2.05) is 24.3 Å². The first-order chi connectivity index (χ1) is 9.15. The number of benzene rings is 1. The summed E-state index contributed by atoms with van der Waals surface area (Å²) in [5.41, 5.74) is 1.04. The number of carbonyl (C=O) groups excluding carboxylic acids is 2. The number of nitrogens with one attached hydrogen (secondary N) is 1. The van der Waals surface area contributed by atoms with Crippen LogP contribution < -0.4 is 5.32 Å². The summed E-state index contributed by atoms with van der Waals surface area (Å²) in [6.45, 7) is 0.628. The molecule has 0 bridgehead atoms. The average Bonchev–Trinajstić information content (AvgIpc) is 3.18. The minimum absolute atomic E-state index is 0.00269. The highest BCUT2D eigenvalue weighted by Gasteiger charge is 2.44. The topological polar surface area (TPSA) is 49.4 Å². The summed E-state index contributed by atoms with van der Waals surface area (Å²) >= 11 is 3.43. The number of rotatable bonds is 3. The summed E-state index contributed by atoms with van der Waals surface area (Å²) < 4.78 is 0.988. The van der Waals surface area contributed by atoms with Crippen molar-refractivity contribution in [1.29, 1.82) is 0 Å². The van der Waals surface area contributed by atoms with Gasteiger partial charge in [0.2, 0.25) is 11.8 Å². The lowest BCUT2D eigenvalue weighted by atomic mass is 10.1. The first-order valence-corrected chi connectivity index (χ1v) is 7.26. The maximum Gasteiger partial charge on any atom is 0.243 e. The second-order valence-corrected chi connectivity index (χ2v) is 6.07. The van der Waals surface area contributed by atoms with Crippen LogP contribution in [0.15, 0.2) is 28.7 Å². The summed E-state index contributed by atoms with van der Waals surface area (Å²) in [6, 6.07) is 7.59. The van der Waals surface area contributed by atoms with Crippen molar-refractivity contribution in [3.63, 3.8) is 0 Å². The number of piperazine rings is 1. The van der Waals surface area contributed by atoms with Crippen molar-refractivity contribution in [1.82, 2.24) is 10.2 Å². The van der Waals surface area contributed by atoms with Crippen LogP contribution in [0.3, 0.4) is 0 Å². The molecule has 2 aliphatic rings. The third-order valence-corrected chi connectivity index (χ3v) is 4.14. The zero-order valence-corrected chi connectivity index (χ0v) is 12.0. The smallest absolute Gasteiger partial charge is 0.243 e. The SMILES string of the molecule is O=C1NCC(=O)N(Cc2cccc(Br)c2)C1C1CC1. The molecule has 4 nitrogen and oxygen atoms in total. The van der Waals surface area contributed by atoms with E-state index in [1.165, 1.54) is 0 Å². The Morgan fingerprint density at radius 3 is 2.79 bits per heavy atom. The molecular weight excluding hydrogens is 308 g/mol. The van der Waals surface area contributed by atoms with Crippen molar-refractivity contribution in [2.45, 2.75) is 25.4 Å². The van der Waals surface area contributed by atoms with Crippen molar-refractivity contribution in [3.8, 4) is 0 Å². The van der Waals surface area contributed by atoms with Crippen LogP contribution in [0.25, 0.3) is 0 Å². The van der Waals surface area contributed by atoms with Crippen molar-refractivity contribution in [2.24, 2.45) is 5.92 Å². The van der Waals surface area contributed by atoms with Gasteiger partial charge >= 0.3 is 0 Å². The van der Waals surface area contributed by atoms with Gasteiger partial charge in [0, 0.05) is 11.0 Å². The van der Waals surface area contributed by atoms with Gasteiger partial charge in [-0.1, -0.05) is 28.1 Å². The van der Waals surface area contributed by atoms with Crippen LogP contribution in [-0.4, -0.2) is 29.3 Å². The molecule has 0 aromatic heterocycles. The number of hydrogen-bond acceptors (Lipinski definition) is 2. The molecule has 5 heteroatoms. The summed E-state index contributed by atoms with van der Waals surface area (Å²) in [7, 11) is 0. The van der Waals surface area contributed by atoms with Crippen molar-refractivity contribution >= 4 is 27.7 Å². The molecule has 1 atom stereocenters. The Labute approximate surface area is 120 Å². The van der Waals surface area contributed by atoms with Crippen LogP contribution in [0.1, 0.15) is 18.4 Å². The number of carbonyl (C=O) groups is 2. The molecule has 1 N–H and O–H groups in total. The van der Waals surface area contributed by atoms with E-state index in [4.69, 9.17) is 0 Å². The van der Waals surface area contributed by atoms with Crippen LogP contribution in [-0.2, 0) is 16.1 Å². The van der Waals surface area contributed by atoms with Gasteiger partial charge in [0.1, 0.15) is 6.04 Å². The molecule has 2 fully saturated rings. The fraction of sp³-hybridized carbons (Fsp3) is 0.429. The van der Waals surface area contributed by atoms with Gasteiger partial charge in [0.05, 0.1) is 6.54 Å². The molecule has 1 heterocycles. The first-order valence-electron chi connectivity index (χ1n) is 6.47. The molecule has 1 aliphatic heterocycles.